The van der Waals surface area contributed by atoms with Crippen molar-refractivity contribution in [2.75, 3.05) is 6.54 Å². The van der Waals surface area contributed by atoms with Gasteiger partial charge in [0.05, 0.1) is 0 Å². The van der Waals surface area contributed by atoms with Crippen molar-refractivity contribution >= 4 is 18.0 Å². The zero-order chi connectivity index (χ0) is 15.9. The second-order valence-electron chi connectivity index (χ2n) is 6.02. The average Bonchev–Trinajstić information content (AvgIpc) is 2.82. The lowest BCUT2D eigenvalue weighted by Crippen LogP contribution is -2.48. The van der Waals surface area contributed by atoms with Crippen molar-refractivity contribution in [2.45, 2.75) is 57.9 Å². The highest BCUT2D eigenvalue weighted by atomic mass is 16.4. The number of hydrogen-bond acceptors (Lipinski definition) is 3. The van der Waals surface area contributed by atoms with Crippen LogP contribution in [0.3, 0.4) is 0 Å². The molecule has 1 aliphatic carbocycles. The predicted molar refractivity (Wildman–Crippen MR) is 76.0 cm³/mol. The monoisotopic (exact) mass is 300 g/mol. The predicted octanol–water partition coefficient (Wildman–Crippen LogP) is 1.57. The Morgan fingerprint density at radius 1 is 1.19 bits per heavy atom. The highest BCUT2D eigenvalue weighted by molar-refractivity contribution is 5.82. The van der Waals surface area contributed by atoms with Crippen LogP contribution in [0.4, 0.5) is 4.79 Å². The zero-order valence-electron chi connectivity index (χ0n) is 12.4. The Labute approximate surface area is 124 Å². The van der Waals surface area contributed by atoms with Gasteiger partial charge in [0.25, 0.3) is 0 Å². The van der Waals surface area contributed by atoms with Gasteiger partial charge in [-0.1, -0.05) is 19.8 Å². The number of rotatable bonds is 8. The van der Waals surface area contributed by atoms with Gasteiger partial charge in [0.1, 0.15) is 6.04 Å². The van der Waals surface area contributed by atoms with Crippen molar-refractivity contribution in [1.82, 2.24) is 10.6 Å². The fourth-order valence-corrected chi connectivity index (χ4v) is 2.62. The highest BCUT2D eigenvalue weighted by Gasteiger charge is 2.29. The second-order valence-corrected chi connectivity index (χ2v) is 6.02. The van der Waals surface area contributed by atoms with E-state index >= 15 is 0 Å². The van der Waals surface area contributed by atoms with Crippen molar-refractivity contribution in [2.24, 2.45) is 5.41 Å². The lowest BCUT2D eigenvalue weighted by atomic mass is 9.89. The standard InChI is InChI=1S/C14H24N2O5/c1-14(7-2-3-8-14)9-15-13(21)16-10(12(19)20)5-4-6-11(17)18/h10H,2-9H2,1H3,(H,17,18)(H,19,20)(H2,15,16,21)/t10-/m1/s1. The maximum atomic E-state index is 11.8. The molecule has 1 fully saturated rings. The van der Waals surface area contributed by atoms with Gasteiger partial charge in [-0.05, 0) is 31.1 Å². The first-order valence-corrected chi connectivity index (χ1v) is 7.31. The highest BCUT2D eigenvalue weighted by Crippen LogP contribution is 2.36. The summed E-state index contributed by atoms with van der Waals surface area (Å²) in [5.41, 5.74) is 0.0966. The molecule has 1 rings (SSSR count). The van der Waals surface area contributed by atoms with Crippen LogP contribution in [-0.4, -0.2) is 40.8 Å². The molecule has 7 nitrogen and oxygen atoms in total. The van der Waals surface area contributed by atoms with Gasteiger partial charge in [-0.25, -0.2) is 9.59 Å². The summed E-state index contributed by atoms with van der Waals surface area (Å²) in [5, 5.41) is 22.7. The normalized spacial score (nSPS) is 18.0. The molecule has 120 valence electrons. The Hall–Kier alpha value is -1.79. The summed E-state index contributed by atoms with van der Waals surface area (Å²) in [6.07, 6.45) is 4.66. The number of carbonyl (C=O) groups excluding carboxylic acids is 1. The Balaban J connectivity index is 2.34. The Morgan fingerprint density at radius 3 is 2.33 bits per heavy atom. The van der Waals surface area contributed by atoms with Gasteiger partial charge in [0.2, 0.25) is 0 Å². The summed E-state index contributed by atoms with van der Waals surface area (Å²) in [6.45, 7) is 2.64. The molecule has 7 heteroatoms. The minimum atomic E-state index is -1.15. The number of hydrogen-bond donors (Lipinski definition) is 4. The van der Waals surface area contributed by atoms with Gasteiger partial charge in [-0.15, -0.1) is 0 Å². The van der Waals surface area contributed by atoms with E-state index in [9.17, 15) is 14.4 Å². The molecule has 1 saturated carbocycles. The third kappa shape index (κ3) is 6.46. The van der Waals surface area contributed by atoms with Crippen LogP contribution in [0.1, 0.15) is 51.9 Å². The molecule has 0 radical (unpaired) electrons. The van der Waals surface area contributed by atoms with Gasteiger partial charge >= 0.3 is 18.0 Å². The van der Waals surface area contributed by atoms with Crippen LogP contribution in [0, 0.1) is 5.41 Å². The lowest BCUT2D eigenvalue weighted by molar-refractivity contribution is -0.140. The fourth-order valence-electron chi connectivity index (χ4n) is 2.62. The smallest absolute Gasteiger partial charge is 0.326 e. The number of aliphatic carboxylic acids is 2. The Bertz CT molecular complexity index is 391. The average molecular weight is 300 g/mol. The van der Waals surface area contributed by atoms with Crippen LogP contribution in [-0.2, 0) is 9.59 Å². The summed E-state index contributed by atoms with van der Waals surface area (Å²) in [5.74, 6) is -2.12. The lowest BCUT2D eigenvalue weighted by Gasteiger charge is -2.24. The second kappa shape index (κ2) is 7.85. The Kier molecular flexibility index (Phi) is 6.45. The van der Waals surface area contributed by atoms with Crippen molar-refractivity contribution in [3.05, 3.63) is 0 Å². The molecular weight excluding hydrogens is 276 g/mol. The first-order valence-electron chi connectivity index (χ1n) is 7.31. The molecule has 0 aliphatic heterocycles. The van der Waals surface area contributed by atoms with E-state index < -0.39 is 24.0 Å². The number of carboxylic acids is 2. The van der Waals surface area contributed by atoms with Crippen molar-refractivity contribution in [1.29, 1.82) is 0 Å². The summed E-state index contributed by atoms with van der Waals surface area (Å²) in [4.78, 5) is 33.2. The van der Waals surface area contributed by atoms with E-state index in [2.05, 4.69) is 17.6 Å². The van der Waals surface area contributed by atoms with E-state index in [1.807, 2.05) is 0 Å². The molecule has 4 N–H and O–H groups in total. The van der Waals surface area contributed by atoms with Crippen molar-refractivity contribution in [3.63, 3.8) is 0 Å². The number of urea groups is 1. The molecule has 0 heterocycles. The molecule has 1 aliphatic rings. The maximum Gasteiger partial charge on any atom is 0.326 e. The van der Waals surface area contributed by atoms with E-state index in [4.69, 9.17) is 10.2 Å². The van der Waals surface area contributed by atoms with E-state index in [1.54, 1.807) is 0 Å². The molecule has 1 atom stereocenters. The maximum absolute atomic E-state index is 11.8. The third-order valence-corrected chi connectivity index (χ3v) is 3.97. The van der Waals surface area contributed by atoms with Gasteiger partial charge in [0.15, 0.2) is 0 Å². The summed E-state index contributed by atoms with van der Waals surface area (Å²) < 4.78 is 0. The van der Waals surface area contributed by atoms with Crippen LogP contribution in [0.5, 0.6) is 0 Å². The van der Waals surface area contributed by atoms with E-state index in [-0.39, 0.29) is 24.7 Å². The minimum Gasteiger partial charge on any atom is -0.481 e. The summed E-state index contributed by atoms with van der Waals surface area (Å²) in [7, 11) is 0. The molecule has 0 aromatic rings. The van der Waals surface area contributed by atoms with E-state index in [0.717, 1.165) is 25.7 Å². The first-order chi connectivity index (χ1) is 9.82. The Morgan fingerprint density at radius 2 is 1.81 bits per heavy atom. The quantitative estimate of drug-likeness (QED) is 0.543. The number of amides is 2. The number of carbonyl (C=O) groups is 3. The molecule has 0 aromatic heterocycles. The first kappa shape index (κ1) is 17.3. The SMILES string of the molecule is CC1(CNC(=O)N[C@H](CCCC(=O)O)C(=O)O)CCCC1. The minimum absolute atomic E-state index is 0.0966. The molecule has 2 amide bonds. The van der Waals surface area contributed by atoms with Gasteiger partial charge in [0, 0.05) is 13.0 Å². The molecule has 0 saturated heterocycles. The topological polar surface area (TPSA) is 116 Å². The van der Waals surface area contributed by atoms with Crippen LogP contribution in [0.2, 0.25) is 0 Å². The third-order valence-electron chi connectivity index (χ3n) is 3.97. The summed E-state index contributed by atoms with van der Waals surface area (Å²) >= 11 is 0. The molecular formula is C14H24N2O5. The van der Waals surface area contributed by atoms with E-state index in [0.29, 0.717) is 6.54 Å². The molecule has 21 heavy (non-hydrogen) atoms. The van der Waals surface area contributed by atoms with Crippen LogP contribution < -0.4 is 10.6 Å². The number of nitrogens with one attached hydrogen (secondary N) is 2. The van der Waals surface area contributed by atoms with Crippen molar-refractivity contribution in [3.8, 4) is 0 Å². The molecule has 0 bridgehead atoms. The van der Waals surface area contributed by atoms with Crippen LogP contribution in [0.15, 0.2) is 0 Å². The van der Waals surface area contributed by atoms with Crippen molar-refractivity contribution < 1.29 is 24.6 Å². The largest absolute Gasteiger partial charge is 0.481 e. The van der Waals surface area contributed by atoms with Crippen LogP contribution in [0.25, 0.3) is 0 Å². The molecule has 0 spiro atoms. The van der Waals surface area contributed by atoms with Gasteiger partial charge < -0.3 is 20.8 Å². The van der Waals surface area contributed by atoms with E-state index in [1.165, 1.54) is 0 Å². The molecule has 0 aromatic carbocycles. The van der Waals surface area contributed by atoms with Gasteiger partial charge in [-0.2, -0.15) is 0 Å². The number of carboxylic acid groups (broad SMARTS) is 2. The zero-order valence-corrected chi connectivity index (χ0v) is 12.4. The summed E-state index contributed by atoms with van der Waals surface area (Å²) in [6, 6.07) is -1.56. The fraction of sp³-hybridized carbons (Fsp3) is 0.786. The molecule has 0 unspecified atom stereocenters. The van der Waals surface area contributed by atoms with Crippen LogP contribution >= 0.6 is 0 Å². The van der Waals surface area contributed by atoms with Gasteiger partial charge in [-0.3, -0.25) is 4.79 Å².